The van der Waals surface area contributed by atoms with Crippen LogP contribution in [0.15, 0.2) is 0 Å². The van der Waals surface area contributed by atoms with Crippen LogP contribution in [0, 0.1) is 0 Å². The summed E-state index contributed by atoms with van der Waals surface area (Å²) in [7, 11) is 0. The highest BCUT2D eigenvalue weighted by molar-refractivity contribution is 5.81. The molecule has 0 bridgehead atoms. The third kappa shape index (κ3) is 2.89. The zero-order valence-electron chi connectivity index (χ0n) is 6.97. The Morgan fingerprint density at radius 3 is 2.82 bits per heavy atom. The Morgan fingerprint density at radius 1 is 1.73 bits per heavy atom. The second-order valence-electron chi connectivity index (χ2n) is 3.18. The van der Waals surface area contributed by atoms with Gasteiger partial charge in [-0.3, -0.25) is 4.79 Å². The number of hydrogen-bond donors (Lipinski definition) is 2. The van der Waals surface area contributed by atoms with Crippen molar-refractivity contribution in [2.45, 2.75) is 44.7 Å². The Hall–Kier alpha value is -0.570. The van der Waals surface area contributed by atoms with Gasteiger partial charge in [0.25, 0.3) is 0 Å². The van der Waals surface area contributed by atoms with Gasteiger partial charge in [-0.2, -0.15) is 0 Å². The molecule has 0 aromatic rings. The lowest BCUT2D eigenvalue weighted by molar-refractivity contribution is -0.122. The molecule has 1 fully saturated rings. The van der Waals surface area contributed by atoms with Crippen molar-refractivity contribution in [3.05, 3.63) is 0 Å². The van der Waals surface area contributed by atoms with Crippen molar-refractivity contribution in [2.75, 3.05) is 0 Å². The molecule has 3 N–H and O–H groups in total. The van der Waals surface area contributed by atoms with Crippen LogP contribution in [0.4, 0.5) is 0 Å². The first kappa shape index (κ1) is 8.53. The van der Waals surface area contributed by atoms with E-state index in [0.29, 0.717) is 6.04 Å². The average Bonchev–Trinajstić information content (AvgIpc) is 2.72. The molecule has 1 aliphatic carbocycles. The van der Waals surface area contributed by atoms with Crippen LogP contribution in [-0.4, -0.2) is 18.0 Å². The zero-order valence-corrected chi connectivity index (χ0v) is 6.97. The molecule has 64 valence electrons. The smallest absolute Gasteiger partial charge is 0.237 e. The van der Waals surface area contributed by atoms with Crippen molar-refractivity contribution in [1.82, 2.24) is 5.32 Å². The third-order valence-corrected chi connectivity index (χ3v) is 1.86. The topological polar surface area (TPSA) is 55.1 Å². The van der Waals surface area contributed by atoms with Crippen LogP contribution in [0.25, 0.3) is 0 Å². The molecule has 0 saturated heterocycles. The summed E-state index contributed by atoms with van der Waals surface area (Å²) in [5.74, 6) is 0.0225. The molecule has 1 aliphatic rings. The second-order valence-corrected chi connectivity index (χ2v) is 3.18. The maximum Gasteiger partial charge on any atom is 0.237 e. The van der Waals surface area contributed by atoms with Gasteiger partial charge in [-0.15, -0.1) is 0 Å². The number of nitrogens with one attached hydrogen (secondary N) is 1. The van der Waals surface area contributed by atoms with E-state index in [9.17, 15) is 4.79 Å². The Morgan fingerprint density at radius 2 is 2.36 bits per heavy atom. The molecule has 3 nitrogen and oxygen atoms in total. The number of nitrogens with two attached hydrogens (primary N) is 1. The minimum Gasteiger partial charge on any atom is -0.352 e. The van der Waals surface area contributed by atoms with E-state index in [2.05, 4.69) is 5.32 Å². The maximum atomic E-state index is 11.1. The van der Waals surface area contributed by atoms with E-state index >= 15 is 0 Å². The molecule has 0 aliphatic heterocycles. The number of hydrogen-bond acceptors (Lipinski definition) is 2. The van der Waals surface area contributed by atoms with E-state index in [-0.39, 0.29) is 11.9 Å². The third-order valence-electron chi connectivity index (χ3n) is 1.86. The van der Waals surface area contributed by atoms with Crippen molar-refractivity contribution in [3.8, 4) is 0 Å². The standard InChI is InChI=1S/C8H16N2O/c1-2-3-7(9)8(11)10-6-4-5-6/h6-7H,2-5,9H2,1H3,(H,10,11)/t7-/m0/s1. The minimum atomic E-state index is -0.291. The SMILES string of the molecule is CCC[C@H](N)C(=O)NC1CC1. The van der Waals surface area contributed by atoms with E-state index in [4.69, 9.17) is 5.73 Å². The first-order chi connectivity index (χ1) is 5.24. The summed E-state index contributed by atoms with van der Waals surface area (Å²) in [6, 6.07) is 0.144. The number of carbonyl (C=O) groups is 1. The molecule has 0 aromatic heterocycles. The molecule has 0 unspecified atom stereocenters. The van der Waals surface area contributed by atoms with Gasteiger partial charge in [-0.05, 0) is 19.3 Å². The van der Waals surface area contributed by atoms with Crippen molar-refractivity contribution in [3.63, 3.8) is 0 Å². The highest BCUT2D eigenvalue weighted by Crippen LogP contribution is 2.18. The molecule has 1 saturated carbocycles. The fraction of sp³-hybridized carbons (Fsp3) is 0.875. The Balaban J connectivity index is 2.15. The number of amides is 1. The maximum absolute atomic E-state index is 11.1. The van der Waals surface area contributed by atoms with Crippen molar-refractivity contribution in [2.24, 2.45) is 5.73 Å². The normalized spacial score (nSPS) is 19.5. The Labute approximate surface area is 67.3 Å². The summed E-state index contributed by atoms with van der Waals surface area (Å²) >= 11 is 0. The number of rotatable bonds is 4. The van der Waals surface area contributed by atoms with Gasteiger partial charge < -0.3 is 11.1 Å². The van der Waals surface area contributed by atoms with Gasteiger partial charge in [-0.25, -0.2) is 0 Å². The first-order valence-corrected chi connectivity index (χ1v) is 4.30. The molecule has 1 atom stereocenters. The van der Waals surface area contributed by atoms with E-state index < -0.39 is 0 Å². The molecular weight excluding hydrogens is 140 g/mol. The van der Waals surface area contributed by atoms with Crippen LogP contribution in [0.5, 0.6) is 0 Å². The highest BCUT2D eigenvalue weighted by Gasteiger charge is 2.25. The summed E-state index contributed by atoms with van der Waals surface area (Å²) in [4.78, 5) is 11.1. The molecule has 0 aromatic carbocycles. The molecule has 1 rings (SSSR count). The van der Waals surface area contributed by atoms with Crippen LogP contribution in [-0.2, 0) is 4.79 Å². The predicted molar refractivity (Wildman–Crippen MR) is 44.0 cm³/mol. The zero-order chi connectivity index (χ0) is 8.27. The summed E-state index contributed by atoms with van der Waals surface area (Å²) in [5.41, 5.74) is 5.59. The van der Waals surface area contributed by atoms with Gasteiger partial charge in [-0.1, -0.05) is 13.3 Å². The molecule has 0 spiro atoms. The molecule has 11 heavy (non-hydrogen) atoms. The van der Waals surface area contributed by atoms with Crippen molar-refractivity contribution in [1.29, 1.82) is 0 Å². The van der Waals surface area contributed by atoms with Gasteiger partial charge in [0, 0.05) is 6.04 Å². The fourth-order valence-electron chi connectivity index (χ4n) is 0.978. The monoisotopic (exact) mass is 156 g/mol. The fourth-order valence-corrected chi connectivity index (χ4v) is 0.978. The molecule has 0 heterocycles. The van der Waals surface area contributed by atoms with Gasteiger partial charge in [0.05, 0.1) is 6.04 Å². The van der Waals surface area contributed by atoms with Gasteiger partial charge in [0.2, 0.25) is 5.91 Å². The van der Waals surface area contributed by atoms with E-state index in [1.54, 1.807) is 0 Å². The quantitative estimate of drug-likeness (QED) is 0.618. The minimum absolute atomic E-state index is 0.0225. The summed E-state index contributed by atoms with van der Waals surface area (Å²) in [6.07, 6.45) is 4.02. The van der Waals surface area contributed by atoms with Crippen LogP contribution in [0.2, 0.25) is 0 Å². The first-order valence-electron chi connectivity index (χ1n) is 4.30. The van der Waals surface area contributed by atoms with Crippen molar-refractivity contribution >= 4 is 5.91 Å². The Kier molecular flexibility index (Phi) is 2.88. The largest absolute Gasteiger partial charge is 0.352 e. The lowest BCUT2D eigenvalue weighted by Crippen LogP contribution is -2.41. The molecule has 0 radical (unpaired) electrons. The molecule has 1 amide bonds. The summed E-state index contributed by atoms with van der Waals surface area (Å²) in [6.45, 7) is 2.03. The van der Waals surface area contributed by atoms with Crippen LogP contribution in [0.3, 0.4) is 0 Å². The van der Waals surface area contributed by atoms with Crippen LogP contribution in [0.1, 0.15) is 32.6 Å². The second kappa shape index (κ2) is 3.72. The highest BCUT2D eigenvalue weighted by atomic mass is 16.2. The Bertz CT molecular complexity index is 143. The predicted octanol–water partition coefficient (Wildman–Crippen LogP) is 0.392. The van der Waals surface area contributed by atoms with Gasteiger partial charge in [0.15, 0.2) is 0 Å². The summed E-state index contributed by atoms with van der Waals surface area (Å²) in [5, 5.41) is 2.87. The number of carbonyl (C=O) groups excluding carboxylic acids is 1. The van der Waals surface area contributed by atoms with E-state index in [1.807, 2.05) is 6.92 Å². The lowest BCUT2D eigenvalue weighted by atomic mass is 10.2. The molecular formula is C8H16N2O. The van der Waals surface area contributed by atoms with Crippen LogP contribution < -0.4 is 11.1 Å². The lowest BCUT2D eigenvalue weighted by Gasteiger charge is -2.09. The molecule has 3 heteroatoms. The van der Waals surface area contributed by atoms with Gasteiger partial charge >= 0.3 is 0 Å². The van der Waals surface area contributed by atoms with Crippen molar-refractivity contribution < 1.29 is 4.79 Å². The summed E-state index contributed by atoms with van der Waals surface area (Å²) < 4.78 is 0. The van der Waals surface area contributed by atoms with Gasteiger partial charge in [0.1, 0.15) is 0 Å². The van der Waals surface area contributed by atoms with Crippen LogP contribution >= 0.6 is 0 Å². The van der Waals surface area contributed by atoms with E-state index in [0.717, 1.165) is 25.7 Å². The average molecular weight is 156 g/mol. The van der Waals surface area contributed by atoms with E-state index in [1.165, 1.54) is 0 Å².